The Morgan fingerprint density at radius 1 is 1.30 bits per heavy atom. The first kappa shape index (κ1) is 7.86. The molecule has 54 valence electrons. The van der Waals surface area contributed by atoms with Gasteiger partial charge in [-0.1, -0.05) is 29.3 Å². The van der Waals surface area contributed by atoms with Crippen LogP contribution in [0.5, 0.6) is 0 Å². The summed E-state index contributed by atoms with van der Waals surface area (Å²) in [5.74, 6) is 0. The molecule has 3 heteroatoms. The summed E-state index contributed by atoms with van der Waals surface area (Å²) in [7, 11) is 0. The van der Waals surface area contributed by atoms with E-state index >= 15 is 0 Å². The number of benzene rings is 1. The molecule has 0 heterocycles. The Hall–Kier alpha value is -0.240. The highest BCUT2D eigenvalue weighted by Gasteiger charge is 1.98. The molecule has 3 N–H and O–H groups in total. The molecule has 0 aromatic heterocycles. The lowest BCUT2D eigenvalue weighted by atomic mass is 10.2. The third-order valence-electron chi connectivity index (χ3n) is 1.28. The van der Waals surface area contributed by atoms with Crippen LogP contribution in [0.3, 0.4) is 0 Å². The second kappa shape index (κ2) is 3.24. The number of hydrogen-bond donors (Lipinski definition) is 1. The zero-order valence-electron chi connectivity index (χ0n) is 5.40. The minimum atomic E-state index is 0.669. The maximum Gasteiger partial charge on any atom is 0.101 e. The van der Waals surface area contributed by atoms with Crippen molar-refractivity contribution in [3.05, 3.63) is 33.8 Å². The van der Waals surface area contributed by atoms with E-state index < -0.39 is 0 Å². The fourth-order valence-corrected chi connectivity index (χ4v) is 1.23. The van der Waals surface area contributed by atoms with Gasteiger partial charge in [-0.3, -0.25) is 0 Å². The molecule has 0 radical (unpaired) electrons. The highest BCUT2D eigenvalue weighted by atomic mass is 35.5. The summed E-state index contributed by atoms with van der Waals surface area (Å²) in [6.07, 6.45) is 0. The molecule has 0 aliphatic rings. The molecule has 0 fully saturated rings. The van der Waals surface area contributed by atoms with Crippen LogP contribution in [0.15, 0.2) is 18.2 Å². The van der Waals surface area contributed by atoms with Crippen LogP contribution < -0.4 is 5.73 Å². The van der Waals surface area contributed by atoms with E-state index in [4.69, 9.17) is 23.2 Å². The van der Waals surface area contributed by atoms with Crippen LogP contribution in [0.2, 0.25) is 10.0 Å². The van der Waals surface area contributed by atoms with Gasteiger partial charge in [-0.15, -0.1) is 0 Å². The summed E-state index contributed by atoms with van der Waals surface area (Å²) in [5.41, 5.74) is 4.75. The van der Waals surface area contributed by atoms with E-state index in [0.29, 0.717) is 16.6 Å². The normalized spacial score (nSPS) is 9.90. The maximum absolute atomic E-state index is 5.81. The van der Waals surface area contributed by atoms with Gasteiger partial charge in [-0.2, -0.15) is 0 Å². The Labute approximate surface area is 69.7 Å². The molecule has 1 aromatic rings. The fraction of sp³-hybridized carbons (Fsp3) is 0.143. The first-order valence-corrected chi connectivity index (χ1v) is 3.73. The molecule has 0 atom stereocenters. The summed E-state index contributed by atoms with van der Waals surface area (Å²) in [6.45, 7) is 0.704. The van der Waals surface area contributed by atoms with Crippen molar-refractivity contribution in [3.63, 3.8) is 0 Å². The molecule has 10 heavy (non-hydrogen) atoms. The maximum atomic E-state index is 5.81. The van der Waals surface area contributed by atoms with E-state index in [9.17, 15) is 0 Å². The van der Waals surface area contributed by atoms with Gasteiger partial charge in [-0.25, -0.2) is 0 Å². The van der Waals surface area contributed by atoms with Crippen LogP contribution >= 0.6 is 23.2 Å². The lowest BCUT2D eigenvalue weighted by molar-refractivity contribution is -0.386. The van der Waals surface area contributed by atoms with Gasteiger partial charge in [0.15, 0.2) is 0 Å². The summed E-state index contributed by atoms with van der Waals surface area (Å²) in [6, 6.07) is 5.43. The number of quaternary nitrogens is 1. The monoisotopic (exact) mass is 176 g/mol. The molecule has 1 rings (SSSR count). The minimum absolute atomic E-state index is 0.669. The molecule has 0 bridgehead atoms. The smallest absolute Gasteiger partial charge is 0.101 e. The molecule has 1 nitrogen and oxygen atoms in total. The predicted molar refractivity (Wildman–Crippen MR) is 43.1 cm³/mol. The number of halogens is 2. The molecule has 0 aliphatic heterocycles. The Morgan fingerprint density at radius 3 is 2.50 bits per heavy atom. The van der Waals surface area contributed by atoms with E-state index in [-0.39, 0.29) is 0 Å². The van der Waals surface area contributed by atoms with Gasteiger partial charge < -0.3 is 5.73 Å². The standard InChI is InChI=1S/C7H7Cl2N/c8-6-2-1-5(4-10)7(9)3-6/h1-3H,4,10H2/p+1. The van der Waals surface area contributed by atoms with Crippen LogP contribution in [-0.4, -0.2) is 0 Å². The van der Waals surface area contributed by atoms with Gasteiger partial charge in [0.25, 0.3) is 0 Å². The highest BCUT2D eigenvalue weighted by molar-refractivity contribution is 6.35. The van der Waals surface area contributed by atoms with Gasteiger partial charge in [-0.05, 0) is 12.1 Å². The van der Waals surface area contributed by atoms with Crippen molar-refractivity contribution in [1.29, 1.82) is 0 Å². The predicted octanol–water partition coefficient (Wildman–Crippen LogP) is 1.74. The summed E-state index contributed by atoms with van der Waals surface area (Å²) < 4.78 is 0. The van der Waals surface area contributed by atoms with Gasteiger partial charge in [0, 0.05) is 10.6 Å². The van der Waals surface area contributed by atoms with Crippen molar-refractivity contribution >= 4 is 23.2 Å². The summed E-state index contributed by atoms with van der Waals surface area (Å²) in [5, 5.41) is 1.37. The molecule has 0 saturated carbocycles. The first-order chi connectivity index (χ1) is 4.74. The zero-order chi connectivity index (χ0) is 7.56. The molecule has 0 amide bonds. The molecular formula is C7H8Cl2N+. The number of rotatable bonds is 1. The van der Waals surface area contributed by atoms with E-state index in [1.54, 1.807) is 6.07 Å². The average molecular weight is 177 g/mol. The van der Waals surface area contributed by atoms with Crippen molar-refractivity contribution in [3.8, 4) is 0 Å². The Morgan fingerprint density at radius 2 is 2.00 bits per heavy atom. The van der Waals surface area contributed by atoms with Crippen molar-refractivity contribution < 1.29 is 5.73 Å². The van der Waals surface area contributed by atoms with Crippen molar-refractivity contribution in [2.24, 2.45) is 0 Å². The van der Waals surface area contributed by atoms with Crippen LogP contribution in [0.1, 0.15) is 5.56 Å². The van der Waals surface area contributed by atoms with Gasteiger partial charge in [0.2, 0.25) is 0 Å². The topological polar surface area (TPSA) is 27.6 Å². The van der Waals surface area contributed by atoms with Crippen LogP contribution in [0.4, 0.5) is 0 Å². The third-order valence-corrected chi connectivity index (χ3v) is 1.87. The first-order valence-electron chi connectivity index (χ1n) is 2.97. The lowest BCUT2D eigenvalue weighted by Crippen LogP contribution is -2.47. The van der Waals surface area contributed by atoms with E-state index in [0.717, 1.165) is 5.56 Å². The van der Waals surface area contributed by atoms with Gasteiger partial charge in [0.05, 0.1) is 5.02 Å². The second-order valence-corrected chi connectivity index (χ2v) is 2.83. The van der Waals surface area contributed by atoms with E-state index in [1.165, 1.54) is 0 Å². The van der Waals surface area contributed by atoms with Crippen molar-refractivity contribution in [1.82, 2.24) is 0 Å². The quantitative estimate of drug-likeness (QED) is 0.676. The second-order valence-electron chi connectivity index (χ2n) is 1.99. The summed E-state index contributed by atoms with van der Waals surface area (Å²) in [4.78, 5) is 0. The Bertz CT molecular complexity index is 235. The van der Waals surface area contributed by atoms with Crippen molar-refractivity contribution in [2.75, 3.05) is 0 Å². The number of hydrogen-bond acceptors (Lipinski definition) is 0. The molecule has 0 aliphatic carbocycles. The third kappa shape index (κ3) is 1.63. The Kier molecular flexibility index (Phi) is 2.55. The SMILES string of the molecule is [NH3+]Cc1ccc(Cl)cc1Cl. The molecule has 0 spiro atoms. The molecule has 0 saturated heterocycles. The van der Waals surface area contributed by atoms with Crippen LogP contribution in [0.25, 0.3) is 0 Å². The molecular weight excluding hydrogens is 169 g/mol. The fourth-order valence-electron chi connectivity index (χ4n) is 0.724. The minimum Gasteiger partial charge on any atom is -0.354 e. The van der Waals surface area contributed by atoms with E-state index in [2.05, 4.69) is 5.73 Å². The van der Waals surface area contributed by atoms with Crippen molar-refractivity contribution in [2.45, 2.75) is 6.54 Å². The molecule has 1 aromatic carbocycles. The lowest BCUT2D eigenvalue weighted by Gasteiger charge is -1.97. The van der Waals surface area contributed by atoms with Crippen LogP contribution in [0, 0.1) is 0 Å². The Balaban J connectivity index is 3.07. The zero-order valence-corrected chi connectivity index (χ0v) is 6.91. The highest BCUT2D eigenvalue weighted by Crippen LogP contribution is 2.19. The molecule has 0 unspecified atom stereocenters. The van der Waals surface area contributed by atoms with Crippen LogP contribution in [-0.2, 0) is 6.54 Å². The largest absolute Gasteiger partial charge is 0.354 e. The van der Waals surface area contributed by atoms with Gasteiger partial charge in [0.1, 0.15) is 6.54 Å². The van der Waals surface area contributed by atoms with E-state index in [1.807, 2.05) is 12.1 Å². The van der Waals surface area contributed by atoms with Gasteiger partial charge >= 0.3 is 0 Å². The summed E-state index contributed by atoms with van der Waals surface area (Å²) >= 11 is 11.5. The average Bonchev–Trinajstić information content (AvgIpc) is 1.88.